The van der Waals surface area contributed by atoms with Crippen LogP contribution < -0.4 is 0 Å². The van der Waals surface area contributed by atoms with Crippen molar-refractivity contribution in [2.24, 2.45) is 0 Å². The summed E-state index contributed by atoms with van der Waals surface area (Å²) >= 11 is 0. The van der Waals surface area contributed by atoms with E-state index in [2.05, 4.69) is 4.98 Å². The molecule has 2 aromatic rings. The van der Waals surface area contributed by atoms with E-state index in [1.165, 1.54) is 18.2 Å². The first-order valence-electron chi connectivity index (χ1n) is 5.62. The molecule has 0 fully saturated rings. The Bertz CT molecular complexity index is 672. The van der Waals surface area contributed by atoms with Crippen molar-refractivity contribution in [1.82, 2.24) is 4.98 Å². The van der Waals surface area contributed by atoms with Gasteiger partial charge in [-0.1, -0.05) is 18.2 Å². The summed E-state index contributed by atoms with van der Waals surface area (Å²) in [5.41, 5.74) is -1.06. The maximum atomic E-state index is 13.7. The summed E-state index contributed by atoms with van der Waals surface area (Å²) < 4.78 is 51.8. The van der Waals surface area contributed by atoms with Gasteiger partial charge in [-0.25, -0.2) is 9.37 Å². The zero-order chi connectivity index (χ0) is 14.8. The molecule has 1 aromatic carbocycles. The van der Waals surface area contributed by atoms with Crippen molar-refractivity contribution in [2.75, 3.05) is 0 Å². The molecule has 0 saturated heterocycles. The summed E-state index contributed by atoms with van der Waals surface area (Å²) in [6.45, 7) is 0. The predicted molar refractivity (Wildman–Crippen MR) is 64.0 cm³/mol. The minimum absolute atomic E-state index is 0.0520. The average molecular weight is 280 g/mol. The SMILES string of the molecule is N#CCc1ccc(C(F)(F)F)nc1-c1ccccc1F. The molecule has 0 amide bonds. The van der Waals surface area contributed by atoms with Gasteiger partial charge in [0.15, 0.2) is 0 Å². The molecule has 0 N–H and O–H groups in total. The van der Waals surface area contributed by atoms with E-state index in [1.807, 2.05) is 6.07 Å². The second kappa shape index (κ2) is 5.29. The van der Waals surface area contributed by atoms with Crippen molar-refractivity contribution >= 4 is 0 Å². The third kappa shape index (κ3) is 2.77. The molecule has 20 heavy (non-hydrogen) atoms. The van der Waals surface area contributed by atoms with Crippen LogP contribution in [0.4, 0.5) is 17.6 Å². The summed E-state index contributed by atoms with van der Waals surface area (Å²) in [5, 5.41) is 8.70. The molecule has 102 valence electrons. The number of halogens is 4. The molecule has 1 heterocycles. The lowest BCUT2D eigenvalue weighted by molar-refractivity contribution is -0.141. The van der Waals surface area contributed by atoms with Crippen LogP contribution in [0.2, 0.25) is 0 Å². The average Bonchev–Trinajstić information content (AvgIpc) is 2.39. The monoisotopic (exact) mass is 280 g/mol. The second-order valence-electron chi connectivity index (χ2n) is 4.02. The molecule has 2 rings (SSSR count). The first-order valence-corrected chi connectivity index (χ1v) is 5.62. The molecule has 1 aromatic heterocycles. The maximum absolute atomic E-state index is 13.7. The normalized spacial score (nSPS) is 11.2. The molecule has 0 radical (unpaired) electrons. The Morgan fingerprint density at radius 2 is 1.80 bits per heavy atom. The third-order valence-electron chi connectivity index (χ3n) is 2.67. The Kier molecular flexibility index (Phi) is 3.70. The summed E-state index contributed by atoms with van der Waals surface area (Å²) in [4.78, 5) is 3.48. The highest BCUT2D eigenvalue weighted by Crippen LogP contribution is 2.32. The number of aromatic nitrogens is 1. The first-order chi connectivity index (χ1) is 9.43. The van der Waals surface area contributed by atoms with Crippen LogP contribution in [-0.4, -0.2) is 4.98 Å². The lowest BCUT2D eigenvalue weighted by atomic mass is 10.0. The number of benzene rings is 1. The number of nitrogens with zero attached hydrogens (tertiary/aromatic N) is 2. The van der Waals surface area contributed by atoms with E-state index in [0.29, 0.717) is 0 Å². The molecule has 0 aliphatic rings. The largest absolute Gasteiger partial charge is 0.433 e. The summed E-state index contributed by atoms with van der Waals surface area (Å²) in [6, 6.07) is 9.16. The lowest BCUT2D eigenvalue weighted by Gasteiger charge is -2.11. The van der Waals surface area contributed by atoms with E-state index in [4.69, 9.17) is 5.26 Å². The van der Waals surface area contributed by atoms with Crippen molar-refractivity contribution in [3.05, 3.63) is 53.5 Å². The highest BCUT2D eigenvalue weighted by molar-refractivity contribution is 5.64. The second-order valence-corrected chi connectivity index (χ2v) is 4.02. The van der Waals surface area contributed by atoms with Crippen LogP contribution >= 0.6 is 0 Å². The van der Waals surface area contributed by atoms with Gasteiger partial charge in [0.25, 0.3) is 0 Å². The smallest absolute Gasteiger partial charge is 0.243 e. The van der Waals surface area contributed by atoms with Crippen LogP contribution in [0.25, 0.3) is 11.3 Å². The molecule has 0 saturated carbocycles. The van der Waals surface area contributed by atoms with E-state index < -0.39 is 17.7 Å². The van der Waals surface area contributed by atoms with E-state index in [-0.39, 0.29) is 23.2 Å². The van der Waals surface area contributed by atoms with Crippen LogP contribution in [0.5, 0.6) is 0 Å². The summed E-state index contributed by atoms with van der Waals surface area (Å²) in [6.07, 6.45) is -4.76. The zero-order valence-corrected chi connectivity index (χ0v) is 10.1. The number of alkyl halides is 3. The van der Waals surface area contributed by atoms with Crippen LogP contribution in [0.1, 0.15) is 11.3 Å². The predicted octanol–water partition coefficient (Wildman–Crippen LogP) is 3.97. The van der Waals surface area contributed by atoms with Gasteiger partial charge in [-0.05, 0) is 23.8 Å². The van der Waals surface area contributed by atoms with Gasteiger partial charge in [0.2, 0.25) is 0 Å². The van der Waals surface area contributed by atoms with Gasteiger partial charge in [-0.15, -0.1) is 0 Å². The Labute approximate surface area is 112 Å². The van der Waals surface area contributed by atoms with Crippen molar-refractivity contribution in [3.63, 3.8) is 0 Å². The molecular formula is C14H8F4N2. The van der Waals surface area contributed by atoms with E-state index in [1.54, 1.807) is 0 Å². The summed E-state index contributed by atoms with van der Waals surface area (Å²) in [7, 11) is 0. The van der Waals surface area contributed by atoms with Gasteiger partial charge in [0.1, 0.15) is 11.5 Å². The molecule has 6 heteroatoms. The highest BCUT2D eigenvalue weighted by Gasteiger charge is 2.33. The molecule has 0 bridgehead atoms. The molecule has 0 unspecified atom stereocenters. The molecule has 0 aliphatic heterocycles. The number of pyridine rings is 1. The fourth-order valence-corrected chi connectivity index (χ4v) is 1.76. The molecule has 0 spiro atoms. The molecule has 0 atom stereocenters. The maximum Gasteiger partial charge on any atom is 0.433 e. The van der Waals surface area contributed by atoms with Gasteiger partial charge in [0, 0.05) is 5.56 Å². The van der Waals surface area contributed by atoms with Gasteiger partial charge in [-0.2, -0.15) is 18.4 Å². The van der Waals surface area contributed by atoms with E-state index in [9.17, 15) is 17.6 Å². The lowest BCUT2D eigenvalue weighted by Crippen LogP contribution is -2.10. The van der Waals surface area contributed by atoms with E-state index in [0.717, 1.165) is 18.2 Å². The van der Waals surface area contributed by atoms with Crippen LogP contribution in [0.15, 0.2) is 36.4 Å². The number of rotatable bonds is 2. The van der Waals surface area contributed by atoms with Gasteiger partial charge >= 0.3 is 6.18 Å². The zero-order valence-electron chi connectivity index (χ0n) is 10.1. The Morgan fingerprint density at radius 3 is 2.40 bits per heavy atom. The Morgan fingerprint density at radius 1 is 1.10 bits per heavy atom. The number of hydrogen-bond acceptors (Lipinski definition) is 2. The van der Waals surface area contributed by atoms with E-state index >= 15 is 0 Å². The number of nitriles is 1. The van der Waals surface area contributed by atoms with Crippen molar-refractivity contribution in [3.8, 4) is 17.3 Å². The standard InChI is InChI=1S/C14H8F4N2/c15-11-4-2-1-3-10(11)13-9(7-8-19)5-6-12(20-13)14(16,17)18/h1-6H,7H2. The molecule has 0 aliphatic carbocycles. The van der Waals surface area contributed by atoms with Crippen LogP contribution in [0.3, 0.4) is 0 Å². The Balaban J connectivity index is 2.65. The molecule has 2 nitrogen and oxygen atoms in total. The number of hydrogen-bond donors (Lipinski definition) is 0. The summed E-state index contributed by atoms with van der Waals surface area (Å²) in [5.74, 6) is -0.682. The van der Waals surface area contributed by atoms with Crippen molar-refractivity contribution in [2.45, 2.75) is 12.6 Å². The van der Waals surface area contributed by atoms with Crippen molar-refractivity contribution in [1.29, 1.82) is 5.26 Å². The van der Waals surface area contributed by atoms with Crippen molar-refractivity contribution < 1.29 is 17.6 Å². The van der Waals surface area contributed by atoms with Crippen LogP contribution in [0, 0.1) is 17.1 Å². The third-order valence-corrected chi connectivity index (χ3v) is 2.67. The van der Waals surface area contributed by atoms with Gasteiger partial charge in [-0.3, -0.25) is 0 Å². The highest BCUT2D eigenvalue weighted by atomic mass is 19.4. The minimum Gasteiger partial charge on any atom is -0.243 e. The topological polar surface area (TPSA) is 36.7 Å². The molecular weight excluding hydrogens is 272 g/mol. The van der Waals surface area contributed by atoms with Gasteiger partial charge in [0.05, 0.1) is 18.2 Å². The first kappa shape index (κ1) is 14.0. The fourth-order valence-electron chi connectivity index (χ4n) is 1.76. The van der Waals surface area contributed by atoms with Crippen LogP contribution in [-0.2, 0) is 12.6 Å². The minimum atomic E-state index is -4.62. The Hall–Kier alpha value is -2.42. The fraction of sp³-hybridized carbons (Fsp3) is 0.143. The quantitative estimate of drug-likeness (QED) is 0.780. The van der Waals surface area contributed by atoms with Gasteiger partial charge < -0.3 is 0 Å².